The van der Waals surface area contributed by atoms with Crippen LogP contribution < -0.4 is 5.32 Å². The van der Waals surface area contributed by atoms with Gasteiger partial charge in [0.15, 0.2) is 0 Å². The van der Waals surface area contributed by atoms with E-state index in [2.05, 4.69) is 5.32 Å². The third kappa shape index (κ3) is 3.50. The summed E-state index contributed by atoms with van der Waals surface area (Å²) in [5.74, 6) is -2.48. The van der Waals surface area contributed by atoms with Gasteiger partial charge in [-0.1, -0.05) is 30.3 Å². The lowest BCUT2D eigenvalue weighted by molar-refractivity contribution is -0.0451. The Morgan fingerprint density at radius 3 is 2.65 bits per heavy atom. The Morgan fingerprint density at radius 2 is 2.00 bits per heavy atom. The number of rotatable bonds is 3. The van der Waals surface area contributed by atoms with Crippen molar-refractivity contribution in [1.82, 2.24) is 5.32 Å². The quantitative estimate of drug-likeness (QED) is 0.843. The predicted octanol–water partition coefficient (Wildman–Crippen LogP) is 3.92. The fourth-order valence-electron chi connectivity index (χ4n) is 2.51. The van der Waals surface area contributed by atoms with E-state index in [4.69, 9.17) is 0 Å². The highest BCUT2D eigenvalue weighted by atomic mass is 19.3. The minimum absolute atomic E-state index is 0.0236. The summed E-state index contributed by atoms with van der Waals surface area (Å²) < 4.78 is 26.5. The summed E-state index contributed by atoms with van der Waals surface area (Å²) in [7, 11) is 0. The zero-order valence-electron chi connectivity index (χ0n) is 10.1. The Bertz CT molecular complexity index is 350. The van der Waals surface area contributed by atoms with Gasteiger partial charge in [-0.3, -0.25) is 0 Å². The molecule has 1 aliphatic rings. The number of alkyl halides is 2. The number of halogens is 2. The summed E-state index contributed by atoms with van der Waals surface area (Å²) in [5.41, 5.74) is 1.15. The molecule has 94 valence electrons. The van der Waals surface area contributed by atoms with E-state index >= 15 is 0 Å². The van der Waals surface area contributed by atoms with Gasteiger partial charge in [0.2, 0.25) is 5.92 Å². The zero-order valence-corrected chi connectivity index (χ0v) is 10.1. The number of nitrogens with one attached hydrogen (secondary N) is 1. The van der Waals surface area contributed by atoms with Crippen LogP contribution in [0.2, 0.25) is 0 Å². The third-order valence-corrected chi connectivity index (χ3v) is 3.43. The first-order valence-corrected chi connectivity index (χ1v) is 6.26. The van der Waals surface area contributed by atoms with Gasteiger partial charge >= 0.3 is 0 Å². The van der Waals surface area contributed by atoms with Gasteiger partial charge in [0.1, 0.15) is 0 Å². The standard InChI is InChI=1S/C14H19F2N/c1-11(12-6-3-2-4-7-12)17-13-8-5-9-14(15,16)10-13/h2-4,6-7,11,13,17H,5,8-10H2,1H3/t11-,13-/m1/s1. The summed E-state index contributed by atoms with van der Waals surface area (Å²) in [6.07, 6.45) is 1.49. The summed E-state index contributed by atoms with van der Waals surface area (Å²) in [6.45, 7) is 2.03. The molecule has 0 bridgehead atoms. The molecule has 1 aromatic carbocycles. The van der Waals surface area contributed by atoms with Crippen molar-refractivity contribution in [3.63, 3.8) is 0 Å². The van der Waals surface area contributed by atoms with Crippen LogP contribution in [0.1, 0.15) is 44.2 Å². The fourth-order valence-corrected chi connectivity index (χ4v) is 2.51. The van der Waals surface area contributed by atoms with Crippen LogP contribution in [0, 0.1) is 0 Å². The first-order chi connectivity index (χ1) is 8.07. The highest BCUT2D eigenvalue weighted by molar-refractivity contribution is 5.18. The maximum absolute atomic E-state index is 13.3. The average Bonchev–Trinajstić information content (AvgIpc) is 2.29. The van der Waals surface area contributed by atoms with Crippen molar-refractivity contribution in [1.29, 1.82) is 0 Å². The molecule has 0 amide bonds. The number of hydrogen-bond donors (Lipinski definition) is 1. The molecular weight excluding hydrogens is 220 g/mol. The van der Waals surface area contributed by atoms with Gasteiger partial charge in [-0.2, -0.15) is 0 Å². The first-order valence-electron chi connectivity index (χ1n) is 6.26. The Morgan fingerprint density at radius 1 is 1.29 bits per heavy atom. The van der Waals surface area contributed by atoms with E-state index in [0.29, 0.717) is 6.42 Å². The van der Waals surface area contributed by atoms with Crippen LogP contribution in [-0.4, -0.2) is 12.0 Å². The molecule has 0 spiro atoms. The van der Waals surface area contributed by atoms with Crippen molar-refractivity contribution in [2.75, 3.05) is 0 Å². The van der Waals surface area contributed by atoms with E-state index in [-0.39, 0.29) is 24.9 Å². The van der Waals surface area contributed by atoms with Gasteiger partial charge in [-0.05, 0) is 25.3 Å². The van der Waals surface area contributed by atoms with Gasteiger partial charge in [0.25, 0.3) is 0 Å². The van der Waals surface area contributed by atoms with Crippen LogP contribution in [0.5, 0.6) is 0 Å². The second-order valence-corrected chi connectivity index (χ2v) is 4.95. The molecule has 0 unspecified atom stereocenters. The highest BCUT2D eigenvalue weighted by Gasteiger charge is 2.36. The van der Waals surface area contributed by atoms with Crippen molar-refractivity contribution >= 4 is 0 Å². The first kappa shape index (κ1) is 12.5. The van der Waals surface area contributed by atoms with E-state index in [1.807, 2.05) is 37.3 Å². The van der Waals surface area contributed by atoms with Crippen LogP contribution in [0.25, 0.3) is 0 Å². The van der Waals surface area contributed by atoms with Gasteiger partial charge < -0.3 is 5.32 Å². The molecule has 0 radical (unpaired) electrons. The molecule has 1 aliphatic carbocycles. The van der Waals surface area contributed by atoms with E-state index < -0.39 is 5.92 Å². The lowest BCUT2D eigenvalue weighted by Crippen LogP contribution is -2.40. The summed E-state index contributed by atoms with van der Waals surface area (Å²) >= 11 is 0. The van der Waals surface area contributed by atoms with Crippen molar-refractivity contribution < 1.29 is 8.78 Å². The molecule has 1 nitrogen and oxygen atoms in total. The van der Waals surface area contributed by atoms with Crippen LogP contribution >= 0.6 is 0 Å². The molecule has 0 aromatic heterocycles. The zero-order chi connectivity index (χ0) is 12.3. The van der Waals surface area contributed by atoms with Gasteiger partial charge in [-0.15, -0.1) is 0 Å². The molecule has 2 atom stereocenters. The molecule has 0 saturated heterocycles. The van der Waals surface area contributed by atoms with E-state index in [9.17, 15) is 8.78 Å². The van der Waals surface area contributed by atoms with Crippen molar-refractivity contribution in [3.05, 3.63) is 35.9 Å². The Labute approximate surface area is 101 Å². The molecule has 0 aliphatic heterocycles. The fraction of sp³-hybridized carbons (Fsp3) is 0.571. The minimum Gasteiger partial charge on any atom is -0.307 e. The summed E-state index contributed by atoms with van der Waals surface area (Å²) in [6, 6.07) is 10.0. The Kier molecular flexibility index (Phi) is 3.77. The third-order valence-electron chi connectivity index (χ3n) is 3.43. The van der Waals surface area contributed by atoms with E-state index in [1.165, 1.54) is 0 Å². The monoisotopic (exact) mass is 239 g/mol. The molecule has 1 aromatic rings. The largest absolute Gasteiger partial charge is 0.307 e. The molecule has 1 N–H and O–H groups in total. The second kappa shape index (κ2) is 5.13. The number of benzene rings is 1. The van der Waals surface area contributed by atoms with E-state index in [0.717, 1.165) is 12.0 Å². The van der Waals surface area contributed by atoms with Crippen molar-refractivity contribution in [2.45, 2.75) is 50.6 Å². The molecule has 3 heteroatoms. The molecule has 1 saturated carbocycles. The Hall–Kier alpha value is -0.960. The van der Waals surface area contributed by atoms with Gasteiger partial charge in [0.05, 0.1) is 0 Å². The maximum atomic E-state index is 13.3. The minimum atomic E-state index is -2.48. The normalized spacial score (nSPS) is 25.5. The molecule has 1 fully saturated rings. The highest BCUT2D eigenvalue weighted by Crippen LogP contribution is 2.33. The van der Waals surface area contributed by atoms with Crippen LogP contribution in [0.4, 0.5) is 8.78 Å². The molecule has 2 rings (SSSR count). The van der Waals surface area contributed by atoms with Crippen molar-refractivity contribution in [3.8, 4) is 0 Å². The lowest BCUT2D eigenvalue weighted by Gasteiger charge is -2.31. The SMILES string of the molecule is C[C@@H](N[C@@H]1CCCC(F)(F)C1)c1ccccc1. The summed E-state index contributed by atoms with van der Waals surface area (Å²) in [4.78, 5) is 0. The molecule has 17 heavy (non-hydrogen) atoms. The van der Waals surface area contributed by atoms with Crippen molar-refractivity contribution in [2.24, 2.45) is 0 Å². The topological polar surface area (TPSA) is 12.0 Å². The predicted molar refractivity (Wildman–Crippen MR) is 65.2 cm³/mol. The Balaban J connectivity index is 1.93. The van der Waals surface area contributed by atoms with Crippen LogP contribution in [0.3, 0.4) is 0 Å². The smallest absolute Gasteiger partial charge is 0.249 e. The lowest BCUT2D eigenvalue weighted by atomic mass is 9.91. The summed E-state index contributed by atoms with van der Waals surface area (Å²) in [5, 5.41) is 3.31. The molecular formula is C14H19F2N. The molecule has 0 heterocycles. The maximum Gasteiger partial charge on any atom is 0.249 e. The van der Waals surface area contributed by atoms with Gasteiger partial charge in [0, 0.05) is 24.9 Å². The average molecular weight is 239 g/mol. The van der Waals surface area contributed by atoms with E-state index in [1.54, 1.807) is 0 Å². The second-order valence-electron chi connectivity index (χ2n) is 4.95. The number of hydrogen-bond acceptors (Lipinski definition) is 1. The van der Waals surface area contributed by atoms with Crippen LogP contribution in [0.15, 0.2) is 30.3 Å². The van der Waals surface area contributed by atoms with Crippen LogP contribution in [-0.2, 0) is 0 Å². The van der Waals surface area contributed by atoms with Gasteiger partial charge in [-0.25, -0.2) is 8.78 Å².